The molecule has 0 aliphatic carbocycles. The van der Waals surface area contributed by atoms with E-state index in [1.807, 2.05) is 32.0 Å². The number of carbonyl (C=O) groups excluding carboxylic acids is 1. The number of anilines is 2. The van der Waals surface area contributed by atoms with E-state index in [4.69, 9.17) is 4.74 Å². The maximum Gasteiger partial charge on any atom is 0.295 e. The van der Waals surface area contributed by atoms with Gasteiger partial charge >= 0.3 is 0 Å². The minimum absolute atomic E-state index is 0.0108. The van der Waals surface area contributed by atoms with Crippen LogP contribution in [0.1, 0.15) is 18.2 Å². The first-order valence-electron chi connectivity index (χ1n) is 12.1. The normalized spacial score (nSPS) is 11.3. The quantitative estimate of drug-likeness (QED) is 0.349. The summed E-state index contributed by atoms with van der Waals surface area (Å²) in [5.74, 6) is -0.105. The number of aryl methyl sites for hydroxylation is 1. The molecule has 0 saturated carbocycles. The Balaban J connectivity index is 1.67. The number of nitrogens with one attached hydrogen (secondary N) is 1. The first-order chi connectivity index (χ1) is 18.1. The van der Waals surface area contributed by atoms with Gasteiger partial charge in [-0.2, -0.15) is 0 Å². The zero-order chi connectivity index (χ0) is 27.4. The van der Waals surface area contributed by atoms with E-state index in [1.165, 1.54) is 16.8 Å². The molecular formula is C28H30N4O5S. The van der Waals surface area contributed by atoms with Crippen molar-refractivity contribution in [2.45, 2.75) is 25.7 Å². The topological polar surface area (TPSA) is 103 Å². The summed E-state index contributed by atoms with van der Waals surface area (Å²) in [5.41, 5.74) is 2.11. The Bertz CT molecular complexity index is 1590. The smallest absolute Gasteiger partial charge is 0.295 e. The maximum atomic E-state index is 13.7. The molecule has 9 nitrogen and oxygen atoms in total. The number of ether oxygens (including phenoxy) is 1. The van der Waals surface area contributed by atoms with Crippen LogP contribution in [-0.2, 0) is 21.9 Å². The second kappa shape index (κ2) is 11.0. The Morgan fingerprint density at radius 3 is 2.18 bits per heavy atom. The number of nitrogens with zero attached hydrogens (tertiary/aromatic N) is 3. The van der Waals surface area contributed by atoms with Gasteiger partial charge in [-0.25, -0.2) is 13.1 Å². The Morgan fingerprint density at radius 2 is 1.58 bits per heavy atom. The molecular weight excluding hydrogens is 504 g/mol. The lowest BCUT2D eigenvalue weighted by atomic mass is 10.2. The van der Waals surface area contributed by atoms with Crippen LogP contribution in [0.3, 0.4) is 0 Å². The molecule has 198 valence electrons. The molecule has 1 N–H and O–H groups in total. The number of benzene rings is 3. The highest BCUT2D eigenvalue weighted by Crippen LogP contribution is 2.26. The van der Waals surface area contributed by atoms with Gasteiger partial charge in [0.05, 0.1) is 28.6 Å². The van der Waals surface area contributed by atoms with Gasteiger partial charge in [0, 0.05) is 7.05 Å². The van der Waals surface area contributed by atoms with Crippen LogP contribution < -0.4 is 19.9 Å². The highest BCUT2D eigenvalue weighted by atomic mass is 32.2. The van der Waals surface area contributed by atoms with Gasteiger partial charge in [-0.15, -0.1) is 0 Å². The fourth-order valence-corrected chi connectivity index (χ4v) is 5.47. The SMILES string of the molecule is CCOc1ccc(S(=O)(=O)N(CC(=O)Nc2c(C)n(C)n(-c3ccccc3)c2=O)c2ccc(C)cc2)cc1. The molecule has 0 radical (unpaired) electrons. The highest BCUT2D eigenvalue weighted by Gasteiger charge is 2.28. The first-order valence-corrected chi connectivity index (χ1v) is 13.5. The summed E-state index contributed by atoms with van der Waals surface area (Å²) < 4.78 is 36.9. The Labute approximate surface area is 221 Å². The summed E-state index contributed by atoms with van der Waals surface area (Å²) in [7, 11) is -2.41. The molecule has 4 aromatic rings. The number of rotatable bonds is 9. The van der Waals surface area contributed by atoms with Gasteiger partial charge in [0.15, 0.2) is 0 Å². The molecule has 4 rings (SSSR count). The van der Waals surface area contributed by atoms with E-state index < -0.39 is 28.0 Å². The molecule has 0 bridgehead atoms. The molecule has 0 atom stereocenters. The Hall–Kier alpha value is -4.31. The summed E-state index contributed by atoms with van der Waals surface area (Å²) >= 11 is 0. The molecule has 1 aromatic heterocycles. The van der Waals surface area contributed by atoms with Crippen molar-refractivity contribution in [3.63, 3.8) is 0 Å². The molecule has 0 aliphatic heterocycles. The van der Waals surface area contributed by atoms with Gasteiger partial charge < -0.3 is 10.1 Å². The van der Waals surface area contributed by atoms with Crippen LogP contribution in [0.5, 0.6) is 5.75 Å². The summed E-state index contributed by atoms with van der Waals surface area (Å²) in [6.07, 6.45) is 0. The largest absolute Gasteiger partial charge is 0.494 e. The lowest BCUT2D eigenvalue weighted by molar-refractivity contribution is -0.114. The van der Waals surface area contributed by atoms with Crippen LogP contribution in [0.25, 0.3) is 5.69 Å². The van der Waals surface area contributed by atoms with Crippen LogP contribution in [-0.4, -0.2) is 36.8 Å². The van der Waals surface area contributed by atoms with Crippen molar-refractivity contribution in [1.29, 1.82) is 0 Å². The number of amides is 1. The average molecular weight is 535 g/mol. The van der Waals surface area contributed by atoms with Gasteiger partial charge in [0.25, 0.3) is 15.6 Å². The molecule has 1 amide bonds. The van der Waals surface area contributed by atoms with Crippen molar-refractivity contribution in [2.24, 2.45) is 7.05 Å². The fraction of sp³-hybridized carbons (Fsp3) is 0.214. The average Bonchev–Trinajstić information content (AvgIpc) is 3.11. The molecule has 38 heavy (non-hydrogen) atoms. The van der Waals surface area contributed by atoms with Gasteiger partial charge in [0.2, 0.25) is 5.91 Å². The third-order valence-corrected chi connectivity index (χ3v) is 7.94. The molecule has 0 spiro atoms. The number of carbonyl (C=O) groups is 1. The van der Waals surface area contributed by atoms with Gasteiger partial charge in [-0.05, 0) is 69.3 Å². The van der Waals surface area contributed by atoms with Crippen molar-refractivity contribution in [2.75, 3.05) is 22.8 Å². The predicted octanol–water partition coefficient (Wildman–Crippen LogP) is 4.03. The number of hydrogen-bond acceptors (Lipinski definition) is 5. The standard InChI is InChI=1S/C28H30N4O5S/c1-5-37-24-15-17-25(18-16-24)38(35,36)31(22-13-11-20(2)12-14-22)19-26(33)29-27-21(3)30(4)32(28(27)34)23-9-7-6-8-10-23/h6-18H,5,19H2,1-4H3,(H,29,33). The lowest BCUT2D eigenvalue weighted by Gasteiger charge is -2.24. The third-order valence-electron chi connectivity index (χ3n) is 6.15. The predicted molar refractivity (Wildman–Crippen MR) is 148 cm³/mol. The van der Waals surface area contributed by atoms with Crippen molar-refractivity contribution >= 4 is 27.3 Å². The number of sulfonamides is 1. The van der Waals surface area contributed by atoms with E-state index in [9.17, 15) is 18.0 Å². The van der Waals surface area contributed by atoms with Crippen LogP contribution >= 0.6 is 0 Å². The fourth-order valence-electron chi connectivity index (χ4n) is 4.05. The minimum atomic E-state index is -4.12. The third kappa shape index (κ3) is 5.35. The summed E-state index contributed by atoms with van der Waals surface area (Å²) in [6.45, 7) is 5.36. The van der Waals surface area contributed by atoms with Crippen molar-refractivity contribution < 1.29 is 17.9 Å². The zero-order valence-electron chi connectivity index (χ0n) is 21.7. The van der Waals surface area contributed by atoms with Gasteiger partial charge in [-0.3, -0.25) is 18.6 Å². The molecule has 0 saturated heterocycles. The lowest BCUT2D eigenvalue weighted by Crippen LogP contribution is -2.38. The summed E-state index contributed by atoms with van der Waals surface area (Å²) in [5, 5.41) is 2.65. The van der Waals surface area contributed by atoms with Crippen molar-refractivity contribution in [1.82, 2.24) is 9.36 Å². The van der Waals surface area contributed by atoms with Crippen molar-refractivity contribution in [3.8, 4) is 11.4 Å². The van der Waals surface area contributed by atoms with E-state index in [0.717, 1.165) is 9.87 Å². The second-order valence-electron chi connectivity index (χ2n) is 8.74. The Morgan fingerprint density at radius 1 is 0.947 bits per heavy atom. The number of aromatic nitrogens is 2. The van der Waals surface area contributed by atoms with Gasteiger partial charge in [0.1, 0.15) is 18.0 Å². The van der Waals surface area contributed by atoms with Crippen LogP contribution in [0.15, 0.2) is 88.6 Å². The molecule has 0 aliphatic rings. The number of hydrogen-bond donors (Lipinski definition) is 1. The second-order valence-corrected chi connectivity index (χ2v) is 10.6. The Kier molecular flexibility index (Phi) is 7.72. The van der Waals surface area contributed by atoms with Crippen LogP contribution in [0.2, 0.25) is 0 Å². The minimum Gasteiger partial charge on any atom is -0.494 e. The van der Waals surface area contributed by atoms with Crippen molar-refractivity contribution in [3.05, 3.63) is 100 Å². The van der Waals surface area contributed by atoms with Crippen LogP contribution in [0, 0.1) is 13.8 Å². The molecule has 3 aromatic carbocycles. The van der Waals surface area contributed by atoms with E-state index >= 15 is 0 Å². The van der Waals surface area contributed by atoms with E-state index in [2.05, 4.69) is 5.32 Å². The molecule has 10 heteroatoms. The summed E-state index contributed by atoms with van der Waals surface area (Å²) in [4.78, 5) is 26.5. The van der Waals surface area contributed by atoms with Crippen LogP contribution in [0.4, 0.5) is 11.4 Å². The zero-order valence-corrected chi connectivity index (χ0v) is 22.5. The van der Waals surface area contributed by atoms with E-state index in [0.29, 0.717) is 29.4 Å². The van der Waals surface area contributed by atoms with E-state index in [1.54, 1.807) is 67.2 Å². The molecule has 1 heterocycles. The molecule has 0 unspecified atom stereocenters. The molecule has 0 fully saturated rings. The van der Waals surface area contributed by atoms with Gasteiger partial charge in [-0.1, -0.05) is 35.9 Å². The monoisotopic (exact) mass is 534 g/mol. The van der Waals surface area contributed by atoms with E-state index in [-0.39, 0.29) is 10.6 Å². The highest BCUT2D eigenvalue weighted by molar-refractivity contribution is 7.92. The first kappa shape index (κ1) is 26.7. The number of para-hydroxylation sites is 1. The maximum absolute atomic E-state index is 13.7. The summed E-state index contributed by atoms with van der Waals surface area (Å²) in [6, 6.07) is 21.9.